The molecule has 1 aliphatic heterocycles. The van der Waals surface area contributed by atoms with E-state index in [1.807, 2.05) is 0 Å². The molecule has 0 radical (unpaired) electrons. The summed E-state index contributed by atoms with van der Waals surface area (Å²) < 4.78 is 11.6. The lowest BCUT2D eigenvalue weighted by Gasteiger charge is -2.21. The average Bonchev–Trinajstić information content (AvgIpc) is 2.27. The molecule has 0 saturated heterocycles. The number of fused-ring (bicyclic) bond motifs is 1. The molecule has 0 amide bonds. The molecule has 1 unspecified atom stereocenters. The molecule has 0 bridgehead atoms. The lowest BCUT2D eigenvalue weighted by molar-refractivity contribution is -0.137. The first kappa shape index (κ1) is 12.2. The van der Waals surface area contributed by atoms with Crippen molar-refractivity contribution in [3.05, 3.63) is 22.2 Å². The summed E-state index contributed by atoms with van der Waals surface area (Å²) >= 11 is 3.36. The molecule has 92 valence electrons. The Morgan fingerprint density at radius 1 is 1.41 bits per heavy atom. The molecule has 0 spiro atoms. The van der Waals surface area contributed by atoms with E-state index < -0.39 is 12.0 Å². The molecule has 6 heteroatoms. The number of hydrogen-bond donors (Lipinski definition) is 2. The molecule has 1 aliphatic rings. The summed E-state index contributed by atoms with van der Waals surface area (Å²) in [5.74, 6) is 0.323. The third-order valence-electron chi connectivity index (χ3n) is 2.46. The Bertz CT molecular complexity index is 449. The fourth-order valence-electron chi connectivity index (χ4n) is 1.66. The summed E-state index contributed by atoms with van der Waals surface area (Å²) in [5, 5.41) is 8.72. The first-order chi connectivity index (χ1) is 8.08. The van der Waals surface area contributed by atoms with Crippen molar-refractivity contribution in [1.29, 1.82) is 0 Å². The Labute approximate surface area is 107 Å². The van der Waals surface area contributed by atoms with E-state index in [0.29, 0.717) is 30.3 Å². The Morgan fingerprint density at radius 2 is 2.00 bits per heavy atom. The van der Waals surface area contributed by atoms with Gasteiger partial charge in [0.05, 0.1) is 6.42 Å². The van der Waals surface area contributed by atoms with Crippen molar-refractivity contribution in [3.63, 3.8) is 0 Å². The summed E-state index contributed by atoms with van der Waals surface area (Å²) in [7, 11) is 0. The molecule has 0 aromatic heterocycles. The molecule has 3 N–H and O–H groups in total. The van der Waals surface area contributed by atoms with Crippen molar-refractivity contribution < 1.29 is 19.4 Å². The molecule has 1 atom stereocenters. The number of benzene rings is 1. The number of rotatable bonds is 3. The summed E-state index contributed by atoms with van der Waals surface area (Å²) in [6.45, 7) is 1.00. The van der Waals surface area contributed by atoms with Crippen LogP contribution in [-0.2, 0) is 4.79 Å². The highest BCUT2D eigenvalue weighted by atomic mass is 79.9. The number of ether oxygens (including phenoxy) is 2. The number of carboxylic acids is 1. The number of aliphatic carboxylic acids is 1. The average molecular weight is 302 g/mol. The van der Waals surface area contributed by atoms with Crippen LogP contribution in [0.4, 0.5) is 0 Å². The largest absolute Gasteiger partial charge is 0.486 e. The van der Waals surface area contributed by atoms with E-state index in [2.05, 4.69) is 15.9 Å². The van der Waals surface area contributed by atoms with Gasteiger partial charge in [0.15, 0.2) is 11.5 Å². The maximum atomic E-state index is 10.6. The van der Waals surface area contributed by atoms with Crippen molar-refractivity contribution in [3.8, 4) is 11.5 Å². The van der Waals surface area contributed by atoms with Crippen LogP contribution < -0.4 is 15.2 Å². The Kier molecular flexibility index (Phi) is 3.54. The predicted octanol–water partition coefficient (Wildman–Crippen LogP) is 1.69. The van der Waals surface area contributed by atoms with Gasteiger partial charge in [-0.2, -0.15) is 0 Å². The number of carboxylic acid groups (broad SMARTS) is 1. The molecule has 5 nitrogen and oxygen atoms in total. The Balaban J connectivity index is 2.31. The molecule has 1 heterocycles. The fourth-order valence-corrected chi connectivity index (χ4v) is 2.28. The molecular formula is C11H12BrNO4. The monoisotopic (exact) mass is 301 g/mol. The third kappa shape index (κ3) is 2.70. The van der Waals surface area contributed by atoms with Crippen LogP contribution in [0.15, 0.2) is 16.6 Å². The van der Waals surface area contributed by atoms with Gasteiger partial charge in [0.2, 0.25) is 0 Å². The maximum Gasteiger partial charge on any atom is 0.305 e. The van der Waals surface area contributed by atoms with E-state index in [9.17, 15) is 4.79 Å². The molecule has 1 aromatic carbocycles. The molecule has 0 aliphatic carbocycles. The zero-order valence-electron chi connectivity index (χ0n) is 8.98. The van der Waals surface area contributed by atoms with Gasteiger partial charge in [0.1, 0.15) is 13.2 Å². The topological polar surface area (TPSA) is 81.8 Å². The van der Waals surface area contributed by atoms with Crippen molar-refractivity contribution in [1.82, 2.24) is 0 Å². The second kappa shape index (κ2) is 4.93. The SMILES string of the molecule is NC(CC(=O)O)c1cc2c(cc1Br)OCCO2. The molecule has 0 saturated carbocycles. The third-order valence-corrected chi connectivity index (χ3v) is 3.14. The highest BCUT2D eigenvalue weighted by Gasteiger charge is 2.19. The first-order valence-electron chi connectivity index (χ1n) is 5.14. The number of carbonyl (C=O) groups is 1. The zero-order valence-corrected chi connectivity index (χ0v) is 10.6. The Morgan fingerprint density at radius 3 is 2.59 bits per heavy atom. The Hall–Kier alpha value is -1.27. The number of hydrogen-bond acceptors (Lipinski definition) is 4. The van der Waals surface area contributed by atoms with Gasteiger partial charge in [0, 0.05) is 10.5 Å². The predicted molar refractivity (Wildman–Crippen MR) is 64.3 cm³/mol. The van der Waals surface area contributed by atoms with Crippen LogP contribution in [0.3, 0.4) is 0 Å². The molecule has 2 rings (SSSR count). The second-order valence-electron chi connectivity index (χ2n) is 3.72. The minimum absolute atomic E-state index is 0.127. The van der Waals surface area contributed by atoms with Crippen LogP contribution in [0.5, 0.6) is 11.5 Å². The number of nitrogens with two attached hydrogens (primary N) is 1. The minimum atomic E-state index is -0.931. The molecular weight excluding hydrogens is 290 g/mol. The van der Waals surface area contributed by atoms with Gasteiger partial charge >= 0.3 is 5.97 Å². The van der Waals surface area contributed by atoms with Crippen LogP contribution in [0.1, 0.15) is 18.0 Å². The molecule has 0 fully saturated rings. The van der Waals surface area contributed by atoms with Crippen molar-refractivity contribution in [2.45, 2.75) is 12.5 Å². The number of halogens is 1. The van der Waals surface area contributed by atoms with Gasteiger partial charge in [-0.1, -0.05) is 15.9 Å². The lowest BCUT2D eigenvalue weighted by atomic mass is 10.0. The standard InChI is InChI=1S/C11H12BrNO4/c12-7-4-10-9(16-1-2-17-10)3-6(7)8(13)5-11(14)15/h3-4,8H,1-2,5,13H2,(H,14,15). The second-order valence-corrected chi connectivity index (χ2v) is 4.58. The van der Waals surface area contributed by atoms with E-state index in [0.717, 1.165) is 4.47 Å². The summed E-state index contributed by atoms with van der Waals surface area (Å²) in [6.07, 6.45) is -0.127. The van der Waals surface area contributed by atoms with Crippen LogP contribution in [0.2, 0.25) is 0 Å². The quantitative estimate of drug-likeness (QED) is 0.888. The van der Waals surface area contributed by atoms with Crippen molar-refractivity contribution in [2.75, 3.05) is 13.2 Å². The fraction of sp³-hybridized carbons (Fsp3) is 0.364. The summed E-state index contributed by atoms with van der Waals surface area (Å²) in [6, 6.07) is 2.91. The summed E-state index contributed by atoms with van der Waals surface area (Å²) in [5.41, 5.74) is 6.53. The van der Waals surface area contributed by atoms with Crippen molar-refractivity contribution in [2.24, 2.45) is 5.73 Å². The van der Waals surface area contributed by atoms with Gasteiger partial charge in [-0.05, 0) is 17.7 Å². The van der Waals surface area contributed by atoms with Crippen LogP contribution >= 0.6 is 15.9 Å². The lowest BCUT2D eigenvalue weighted by Crippen LogP contribution is -2.18. The van der Waals surface area contributed by atoms with Crippen LogP contribution in [0, 0.1) is 0 Å². The molecule has 17 heavy (non-hydrogen) atoms. The molecule has 1 aromatic rings. The highest BCUT2D eigenvalue weighted by molar-refractivity contribution is 9.10. The normalized spacial score (nSPS) is 15.4. The van der Waals surface area contributed by atoms with E-state index in [4.69, 9.17) is 20.3 Å². The van der Waals surface area contributed by atoms with E-state index in [1.54, 1.807) is 12.1 Å². The van der Waals surface area contributed by atoms with Gasteiger partial charge in [-0.3, -0.25) is 4.79 Å². The minimum Gasteiger partial charge on any atom is -0.486 e. The van der Waals surface area contributed by atoms with Gasteiger partial charge in [0.25, 0.3) is 0 Å². The van der Waals surface area contributed by atoms with Gasteiger partial charge < -0.3 is 20.3 Å². The van der Waals surface area contributed by atoms with E-state index in [1.165, 1.54) is 0 Å². The highest BCUT2D eigenvalue weighted by Crippen LogP contribution is 2.37. The first-order valence-corrected chi connectivity index (χ1v) is 5.93. The van der Waals surface area contributed by atoms with Gasteiger partial charge in [-0.15, -0.1) is 0 Å². The van der Waals surface area contributed by atoms with Crippen molar-refractivity contribution >= 4 is 21.9 Å². The van der Waals surface area contributed by atoms with Crippen LogP contribution in [-0.4, -0.2) is 24.3 Å². The summed E-state index contributed by atoms with van der Waals surface area (Å²) in [4.78, 5) is 10.6. The maximum absolute atomic E-state index is 10.6. The van der Waals surface area contributed by atoms with Gasteiger partial charge in [-0.25, -0.2) is 0 Å². The van der Waals surface area contributed by atoms with Crippen LogP contribution in [0.25, 0.3) is 0 Å². The zero-order chi connectivity index (χ0) is 12.4. The van der Waals surface area contributed by atoms with E-state index in [-0.39, 0.29) is 6.42 Å². The smallest absolute Gasteiger partial charge is 0.305 e. The van der Waals surface area contributed by atoms with E-state index >= 15 is 0 Å².